The highest BCUT2D eigenvalue weighted by molar-refractivity contribution is 5.56. The standard InChI is InChI=1S/C14H19N3O2/c1-3-13(18)8-17-14(15-10-16-17)12-6-4-5-11(7-12)9-19-2/h4-7,10,13,18H,3,8-9H2,1-2H3. The van der Waals surface area contributed by atoms with Crippen molar-refractivity contribution in [2.75, 3.05) is 7.11 Å². The number of aliphatic hydroxyl groups excluding tert-OH is 1. The van der Waals surface area contributed by atoms with E-state index in [1.807, 2.05) is 31.2 Å². The number of rotatable bonds is 6. The van der Waals surface area contributed by atoms with Gasteiger partial charge < -0.3 is 9.84 Å². The molecule has 1 N–H and O–H groups in total. The molecule has 0 aliphatic rings. The van der Waals surface area contributed by atoms with Crippen LogP contribution in [0.2, 0.25) is 0 Å². The number of aromatic nitrogens is 3. The maximum absolute atomic E-state index is 9.73. The fraction of sp³-hybridized carbons (Fsp3) is 0.429. The summed E-state index contributed by atoms with van der Waals surface area (Å²) in [7, 11) is 1.67. The van der Waals surface area contributed by atoms with Gasteiger partial charge in [0, 0.05) is 12.7 Å². The molecule has 2 aromatic rings. The average molecular weight is 261 g/mol. The van der Waals surface area contributed by atoms with Crippen LogP contribution in [0.5, 0.6) is 0 Å². The Labute approximate surface area is 112 Å². The first kappa shape index (κ1) is 13.7. The van der Waals surface area contributed by atoms with Crippen molar-refractivity contribution in [3.8, 4) is 11.4 Å². The summed E-state index contributed by atoms with van der Waals surface area (Å²) in [5.74, 6) is 0.769. The van der Waals surface area contributed by atoms with Crippen molar-refractivity contribution >= 4 is 0 Å². The lowest BCUT2D eigenvalue weighted by Gasteiger charge is -2.10. The summed E-state index contributed by atoms with van der Waals surface area (Å²) in [4.78, 5) is 4.27. The van der Waals surface area contributed by atoms with Gasteiger partial charge >= 0.3 is 0 Å². The molecule has 0 amide bonds. The number of benzene rings is 1. The predicted octanol–water partition coefficient (Wildman–Crippen LogP) is 1.86. The van der Waals surface area contributed by atoms with Gasteiger partial charge in [0.05, 0.1) is 19.3 Å². The topological polar surface area (TPSA) is 60.2 Å². The Morgan fingerprint density at radius 2 is 2.26 bits per heavy atom. The zero-order valence-corrected chi connectivity index (χ0v) is 11.3. The van der Waals surface area contributed by atoms with Crippen molar-refractivity contribution in [2.24, 2.45) is 0 Å². The highest BCUT2D eigenvalue weighted by atomic mass is 16.5. The van der Waals surface area contributed by atoms with Crippen LogP contribution in [-0.2, 0) is 17.9 Å². The highest BCUT2D eigenvalue weighted by Gasteiger charge is 2.11. The number of ether oxygens (including phenoxy) is 1. The minimum Gasteiger partial charge on any atom is -0.391 e. The lowest BCUT2D eigenvalue weighted by molar-refractivity contribution is 0.146. The van der Waals surface area contributed by atoms with E-state index < -0.39 is 6.10 Å². The first-order valence-electron chi connectivity index (χ1n) is 6.38. The van der Waals surface area contributed by atoms with E-state index in [9.17, 15) is 5.11 Å². The van der Waals surface area contributed by atoms with Gasteiger partial charge in [0.1, 0.15) is 6.33 Å². The van der Waals surface area contributed by atoms with Crippen molar-refractivity contribution in [1.29, 1.82) is 0 Å². The van der Waals surface area contributed by atoms with Crippen LogP contribution >= 0.6 is 0 Å². The van der Waals surface area contributed by atoms with Crippen molar-refractivity contribution in [3.05, 3.63) is 36.2 Å². The molecule has 1 heterocycles. The predicted molar refractivity (Wildman–Crippen MR) is 72.5 cm³/mol. The fourth-order valence-electron chi connectivity index (χ4n) is 1.92. The minimum atomic E-state index is -0.400. The first-order chi connectivity index (χ1) is 9.24. The Bertz CT molecular complexity index is 525. The molecule has 19 heavy (non-hydrogen) atoms. The van der Waals surface area contributed by atoms with Crippen molar-refractivity contribution in [3.63, 3.8) is 0 Å². The van der Waals surface area contributed by atoms with E-state index in [2.05, 4.69) is 10.1 Å². The maximum atomic E-state index is 9.73. The smallest absolute Gasteiger partial charge is 0.158 e. The summed E-state index contributed by atoms with van der Waals surface area (Å²) < 4.78 is 6.87. The van der Waals surface area contributed by atoms with Gasteiger partial charge in [-0.2, -0.15) is 5.10 Å². The lowest BCUT2D eigenvalue weighted by Crippen LogP contribution is -2.16. The molecule has 0 bridgehead atoms. The first-order valence-corrected chi connectivity index (χ1v) is 6.38. The van der Waals surface area contributed by atoms with Crippen LogP contribution in [0.25, 0.3) is 11.4 Å². The molecule has 5 nitrogen and oxygen atoms in total. The van der Waals surface area contributed by atoms with E-state index in [0.717, 1.165) is 17.0 Å². The summed E-state index contributed by atoms with van der Waals surface area (Å²) in [5.41, 5.74) is 2.07. The van der Waals surface area contributed by atoms with Crippen LogP contribution in [0.15, 0.2) is 30.6 Å². The van der Waals surface area contributed by atoms with Gasteiger partial charge in [-0.05, 0) is 18.1 Å². The molecule has 0 aliphatic carbocycles. The third-order valence-electron chi connectivity index (χ3n) is 2.97. The molecule has 2 rings (SSSR count). The number of nitrogens with zero attached hydrogens (tertiary/aromatic N) is 3. The highest BCUT2D eigenvalue weighted by Crippen LogP contribution is 2.18. The molecule has 0 radical (unpaired) electrons. The second-order valence-electron chi connectivity index (χ2n) is 4.46. The van der Waals surface area contributed by atoms with Gasteiger partial charge in [0.15, 0.2) is 5.82 Å². The van der Waals surface area contributed by atoms with E-state index in [1.165, 1.54) is 6.33 Å². The van der Waals surface area contributed by atoms with Crippen LogP contribution in [0.1, 0.15) is 18.9 Å². The maximum Gasteiger partial charge on any atom is 0.158 e. The number of methoxy groups -OCH3 is 1. The van der Waals surface area contributed by atoms with Gasteiger partial charge in [-0.15, -0.1) is 0 Å². The molecular weight excluding hydrogens is 242 g/mol. The van der Waals surface area contributed by atoms with Gasteiger partial charge in [-0.3, -0.25) is 0 Å². The van der Waals surface area contributed by atoms with Gasteiger partial charge in [-0.1, -0.05) is 25.1 Å². The summed E-state index contributed by atoms with van der Waals surface area (Å²) >= 11 is 0. The van der Waals surface area contributed by atoms with Crippen LogP contribution in [0, 0.1) is 0 Å². The normalized spacial score (nSPS) is 12.6. The van der Waals surface area contributed by atoms with Crippen molar-refractivity contribution in [2.45, 2.75) is 32.6 Å². The zero-order chi connectivity index (χ0) is 13.7. The monoisotopic (exact) mass is 261 g/mol. The summed E-state index contributed by atoms with van der Waals surface area (Å²) in [6.45, 7) is 2.97. The van der Waals surface area contributed by atoms with E-state index in [0.29, 0.717) is 19.6 Å². The van der Waals surface area contributed by atoms with Gasteiger partial charge in [0.2, 0.25) is 0 Å². The van der Waals surface area contributed by atoms with Gasteiger partial charge in [0.25, 0.3) is 0 Å². The van der Waals surface area contributed by atoms with Crippen molar-refractivity contribution in [1.82, 2.24) is 14.8 Å². The quantitative estimate of drug-likeness (QED) is 0.862. The van der Waals surface area contributed by atoms with E-state index >= 15 is 0 Å². The zero-order valence-electron chi connectivity index (χ0n) is 11.3. The van der Waals surface area contributed by atoms with Crippen LogP contribution in [0.4, 0.5) is 0 Å². The van der Waals surface area contributed by atoms with Crippen LogP contribution < -0.4 is 0 Å². The minimum absolute atomic E-state index is 0.400. The molecule has 0 saturated carbocycles. The van der Waals surface area contributed by atoms with Crippen LogP contribution in [0.3, 0.4) is 0 Å². The Morgan fingerprint density at radius 3 is 3.00 bits per heavy atom. The molecule has 0 fully saturated rings. The fourth-order valence-corrected chi connectivity index (χ4v) is 1.92. The van der Waals surface area contributed by atoms with Gasteiger partial charge in [-0.25, -0.2) is 9.67 Å². The summed E-state index contributed by atoms with van der Waals surface area (Å²) in [5, 5.41) is 13.9. The SMILES string of the molecule is CCC(O)Cn1ncnc1-c1cccc(COC)c1. The molecule has 0 saturated heterocycles. The second kappa shape index (κ2) is 6.45. The molecule has 1 aromatic heterocycles. The Morgan fingerprint density at radius 1 is 1.42 bits per heavy atom. The molecule has 1 atom stereocenters. The van der Waals surface area contributed by atoms with Crippen LogP contribution in [-0.4, -0.2) is 33.1 Å². The average Bonchev–Trinajstić information content (AvgIpc) is 2.87. The Balaban J connectivity index is 2.26. The summed E-state index contributed by atoms with van der Waals surface area (Å²) in [6.07, 6.45) is 1.81. The lowest BCUT2D eigenvalue weighted by atomic mass is 10.1. The molecule has 102 valence electrons. The molecular formula is C14H19N3O2. The van der Waals surface area contributed by atoms with Crippen molar-refractivity contribution < 1.29 is 9.84 Å². The third-order valence-corrected chi connectivity index (χ3v) is 2.97. The Hall–Kier alpha value is -1.72. The third kappa shape index (κ3) is 3.39. The second-order valence-corrected chi connectivity index (χ2v) is 4.46. The molecule has 0 spiro atoms. The number of aliphatic hydroxyl groups is 1. The number of hydrogen-bond donors (Lipinski definition) is 1. The van der Waals surface area contributed by atoms with E-state index in [4.69, 9.17) is 4.74 Å². The molecule has 0 aliphatic heterocycles. The molecule has 5 heteroatoms. The largest absolute Gasteiger partial charge is 0.391 e. The van der Waals surface area contributed by atoms with E-state index in [1.54, 1.807) is 11.8 Å². The molecule has 1 aromatic carbocycles. The summed E-state index contributed by atoms with van der Waals surface area (Å²) in [6, 6.07) is 7.99. The number of hydrogen-bond acceptors (Lipinski definition) is 4. The van der Waals surface area contributed by atoms with E-state index in [-0.39, 0.29) is 0 Å². The molecule has 1 unspecified atom stereocenters. The Kier molecular flexibility index (Phi) is 4.65.